The third-order valence-corrected chi connectivity index (χ3v) is 5.04. The van der Waals surface area contributed by atoms with Crippen molar-refractivity contribution in [3.63, 3.8) is 0 Å². The Morgan fingerprint density at radius 1 is 1.50 bits per heavy atom. The molecule has 0 aromatic carbocycles. The van der Waals surface area contributed by atoms with Gasteiger partial charge in [-0.25, -0.2) is 13.2 Å². The molecule has 0 aliphatic carbocycles. The van der Waals surface area contributed by atoms with Crippen LogP contribution in [0.25, 0.3) is 0 Å². The zero-order valence-corrected chi connectivity index (χ0v) is 8.82. The van der Waals surface area contributed by atoms with Crippen LogP contribution in [0.2, 0.25) is 0 Å². The Bertz CT molecular complexity index is 483. The van der Waals surface area contributed by atoms with Crippen molar-refractivity contribution < 1.29 is 18.3 Å². The molecular formula is C8H8O4S2. The van der Waals surface area contributed by atoms with Crippen molar-refractivity contribution in [3.8, 4) is 0 Å². The number of hydrogen-bond acceptors (Lipinski definition) is 4. The molecule has 2 heterocycles. The highest BCUT2D eigenvalue weighted by Gasteiger charge is 2.24. The highest BCUT2D eigenvalue weighted by atomic mass is 32.2. The monoisotopic (exact) mass is 232 g/mol. The van der Waals surface area contributed by atoms with Crippen LogP contribution < -0.4 is 0 Å². The van der Waals surface area contributed by atoms with E-state index in [0.717, 1.165) is 16.9 Å². The molecule has 0 unspecified atom stereocenters. The molecule has 0 atom stereocenters. The van der Waals surface area contributed by atoms with Crippen LogP contribution in [0.15, 0.2) is 6.07 Å². The zero-order valence-electron chi connectivity index (χ0n) is 7.19. The van der Waals surface area contributed by atoms with Gasteiger partial charge in [0.15, 0.2) is 9.84 Å². The lowest BCUT2D eigenvalue weighted by molar-refractivity contribution is 0.0702. The van der Waals surface area contributed by atoms with E-state index in [2.05, 4.69) is 0 Å². The molecule has 0 saturated heterocycles. The fourth-order valence-electron chi connectivity index (χ4n) is 1.44. The van der Waals surface area contributed by atoms with Crippen molar-refractivity contribution in [1.29, 1.82) is 0 Å². The standard InChI is InChI=1S/C8H8O4S2/c9-8(10)6-3-5-1-2-14(11,12)4-7(5)13-6/h3H,1-2,4H2,(H,9,10). The number of thiophene rings is 1. The summed E-state index contributed by atoms with van der Waals surface area (Å²) in [6.45, 7) is 0. The van der Waals surface area contributed by atoms with Gasteiger partial charge in [-0.05, 0) is 18.1 Å². The Labute approximate surface area is 85.1 Å². The largest absolute Gasteiger partial charge is 0.477 e. The maximum atomic E-state index is 11.3. The first-order valence-corrected chi connectivity index (χ1v) is 6.67. The van der Waals surface area contributed by atoms with Gasteiger partial charge in [-0.1, -0.05) is 0 Å². The third kappa shape index (κ3) is 1.67. The summed E-state index contributed by atoms with van der Waals surface area (Å²) in [7, 11) is -2.99. The first-order chi connectivity index (χ1) is 6.48. The summed E-state index contributed by atoms with van der Waals surface area (Å²) < 4.78 is 22.5. The Balaban J connectivity index is 2.44. The molecule has 1 aliphatic heterocycles. The number of aryl methyl sites for hydroxylation is 1. The van der Waals surface area contributed by atoms with E-state index in [1.807, 2.05) is 0 Å². The molecular weight excluding hydrogens is 224 g/mol. The fraction of sp³-hybridized carbons (Fsp3) is 0.375. The average Bonchev–Trinajstić information content (AvgIpc) is 2.45. The highest BCUT2D eigenvalue weighted by molar-refractivity contribution is 7.90. The SMILES string of the molecule is O=C(O)c1cc2c(s1)CS(=O)(=O)CC2. The van der Waals surface area contributed by atoms with E-state index in [-0.39, 0.29) is 16.4 Å². The second kappa shape index (κ2) is 3.06. The molecule has 1 N–H and O–H groups in total. The van der Waals surface area contributed by atoms with Gasteiger partial charge >= 0.3 is 5.97 Å². The summed E-state index contributed by atoms with van der Waals surface area (Å²) in [5.74, 6) is -0.849. The number of fused-ring (bicyclic) bond motifs is 1. The number of aromatic carboxylic acids is 1. The van der Waals surface area contributed by atoms with E-state index in [4.69, 9.17) is 5.11 Å². The summed E-state index contributed by atoms with van der Waals surface area (Å²) >= 11 is 1.07. The van der Waals surface area contributed by atoms with Gasteiger partial charge in [-0.15, -0.1) is 11.3 Å². The molecule has 0 saturated carbocycles. The van der Waals surface area contributed by atoms with Crippen LogP contribution in [-0.4, -0.2) is 25.2 Å². The van der Waals surface area contributed by atoms with Crippen molar-refractivity contribution >= 4 is 27.1 Å². The minimum Gasteiger partial charge on any atom is -0.477 e. The van der Waals surface area contributed by atoms with Gasteiger partial charge < -0.3 is 5.11 Å². The van der Waals surface area contributed by atoms with E-state index in [9.17, 15) is 13.2 Å². The normalized spacial score (nSPS) is 18.9. The number of carbonyl (C=O) groups is 1. The second-order valence-corrected chi connectivity index (χ2v) is 6.53. The van der Waals surface area contributed by atoms with Crippen LogP contribution >= 0.6 is 11.3 Å². The number of rotatable bonds is 1. The lowest BCUT2D eigenvalue weighted by Gasteiger charge is -2.10. The van der Waals surface area contributed by atoms with Crippen LogP contribution in [0, 0.1) is 0 Å². The Morgan fingerprint density at radius 3 is 2.86 bits per heavy atom. The smallest absolute Gasteiger partial charge is 0.345 e. The zero-order chi connectivity index (χ0) is 10.3. The van der Waals surface area contributed by atoms with Crippen molar-refractivity contribution in [3.05, 3.63) is 21.4 Å². The maximum absolute atomic E-state index is 11.3. The molecule has 14 heavy (non-hydrogen) atoms. The summed E-state index contributed by atoms with van der Waals surface area (Å²) in [5.41, 5.74) is 0.877. The molecule has 2 rings (SSSR count). The van der Waals surface area contributed by atoms with Gasteiger partial charge in [0.2, 0.25) is 0 Å². The van der Waals surface area contributed by atoms with Crippen molar-refractivity contribution in [2.45, 2.75) is 12.2 Å². The average molecular weight is 232 g/mol. The maximum Gasteiger partial charge on any atom is 0.345 e. The van der Waals surface area contributed by atoms with Crippen molar-refractivity contribution in [1.82, 2.24) is 0 Å². The molecule has 6 heteroatoms. The van der Waals surface area contributed by atoms with Crippen molar-refractivity contribution in [2.75, 3.05) is 5.75 Å². The van der Waals surface area contributed by atoms with E-state index in [1.54, 1.807) is 6.07 Å². The lowest BCUT2D eigenvalue weighted by atomic mass is 10.2. The first kappa shape index (κ1) is 9.67. The van der Waals surface area contributed by atoms with E-state index in [1.165, 1.54) is 0 Å². The first-order valence-electron chi connectivity index (χ1n) is 4.03. The number of sulfone groups is 1. The topological polar surface area (TPSA) is 71.4 Å². The summed E-state index contributed by atoms with van der Waals surface area (Å²) in [6, 6.07) is 1.58. The van der Waals surface area contributed by atoms with Gasteiger partial charge in [-0.2, -0.15) is 0 Å². The summed E-state index contributed by atoms with van der Waals surface area (Å²) in [6.07, 6.45) is 0.446. The Hall–Kier alpha value is -0.880. The number of carboxylic acids is 1. The molecule has 76 valence electrons. The molecule has 0 radical (unpaired) electrons. The summed E-state index contributed by atoms with van der Waals surface area (Å²) in [5, 5.41) is 8.73. The van der Waals surface area contributed by atoms with Gasteiger partial charge in [0, 0.05) is 4.88 Å². The van der Waals surface area contributed by atoms with Gasteiger partial charge in [0.05, 0.1) is 11.5 Å². The van der Waals surface area contributed by atoms with Crippen LogP contribution in [-0.2, 0) is 22.0 Å². The quantitative estimate of drug-likeness (QED) is 0.781. The second-order valence-electron chi connectivity index (χ2n) is 3.21. The fourth-order valence-corrected chi connectivity index (χ4v) is 4.32. The Kier molecular flexibility index (Phi) is 2.11. The van der Waals surface area contributed by atoms with E-state index < -0.39 is 15.8 Å². The molecule has 1 aliphatic rings. The number of carboxylic acid groups (broad SMARTS) is 1. The molecule has 1 aromatic heterocycles. The molecule has 0 fully saturated rings. The van der Waals surface area contributed by atoms with Crippen LogP contribution in [0.3, 0.4) is 0 Å². The minimum absolute atomic E-state index is 0.000278. The van der Waals surface area contributed by atoms with Gasteiger partial charge in [0.25, 0.3) is 0 Å². The van der Waals surface area contributed by atoms with Gasteiger partial charge in [-0.3, -0.25) is 0 Å². The van der Waals surface area contributed by atoms with Crippen LogP contribution in [0.1, 0.15) is 20.1 Å². The van der Waals surface area contributed by atoms with Crippen LogP contribution in [0.5, 0.6) is 0 Å². The molecule has 1 aromatic rings. The molecule has 0 bridgehead atoms. The Morgan fingerprint density at radius 2 is 2.21 bits per heavy atom. The summed E-state index contributed by atoms with van der Waals surface area (Å²) in [4.78, 5) is 11.6. The van der Waals surface area contributed by atoms with Crippen LogP contribution in [0.4, 0.5) is 0 Å². The third-order valence-electron chi connectivity index (χ3n) is 2.14. The van der Waals surface area contributed by atoms with E-state index >= 15 is 0 Å². The predicted molar refractivity (Wildman–Crippen MR) is 52.5 cm³/mol. The number of hydrogen-bond donors (Lipinski definition) is 1. The molecule has 0 spiro atoms. The van der Waals surface area contributed by atoms with Crippen molar-refractivity contribution in [2.24, 2.45) is 0 Å². The molecule has 0 amide bonds. The van der Waals surface area contributed by atoms with E-state index in [0.29, 0.717) is 11.3 Å². The lowest BCUT2D eigenvalue weighted by Crippen LogP contribution is -2.16. The minimum atomic E-state index is -2.99. The molecule has 4 nitrogen and oxygen atoms in total. The highest BCUT2D eigenvalue weighted by Crippen LogP contribution is 2.29. The predicted octanol–water partition coefficient (Wildman–Crippen LogP) is 0.917. The van der Waals surface area contributed by atoms with Gasteiger partial charge in [0.1, 0.15) is 4.88 Å².